The number of esters is 2. The first-order valence-electron chi connectivity index (χ1n) is 17.4. The van der Waals surface area contributed by atoms with Gasteiger partial charge in [0.2, 0.25) is 0 Å². The zero-order valence-electron chi connectivity index (χ0n) is 30.4. The summed E-state index contributed by atoms with van der Waals surface area (Å²) >= 11 is 0. The lowest BCUT2D eigenvalue weighted by Gasteiger charge is -2.53. The van der Waals surface area contributed by atoms with Crippen LogP contribution in [0.4, 0.5) is 0 Å². The van der Waals surface area contributed by atoms with Gasteiger partial charge in [0, 0.05) is 29.9 Å². The van der Waals surface area contributed by atoms with E-state index < -0.39 is 94.2 Å². The van der Waals surface area contributed by atoms with Crippen molar-refractivity contribution in [1.82, 2.24) is 0 Å². The van der Waals surface area contributed by atoms with Crippen molar-refractivity contribution < 1.29 is 56.6 Å². The van der Waals surface area contributed by atoms with E-state index in [-0.39, 0.29) is 18.3 Å². The van der Waals surface area contributed by atoms with Gasteiger partial charge >= 0.3 is 11.9 Å². The minimum absolute atomic E-state index is 0.0335. The molecule has 0 bridgehead atoms. The van der Waals surface area contributed by atoms with Crippen molar-refractivity contribution in [2.45, 2.75) is 127 Å². The van der Waals surface area contributed by atoms with Crippen LogP contribution in [0.2, 0.25) is 18.1 Å². The van der Waals surface area contributed by atoms with Crippen LogP contribution in [0.5, 0.6) is 0 Å². The second kappa shape index (κ2) is 15.9. The Hall–Kier alpha value is -3.41. The molecule has 4 aliphatic rings. The van der Waals surface area contributed by atoms with Crippen molar-refractivity contribution in [2.24, 2.45) is 5.11 Å². The van der Waals surface area contributed by atoms with Crippen LogP contribution < -0.4 is 0 Å². The Morgan fingerprint density at radius 3 is 1.71 bits per heavy atom. The summed E-state index contributed by atoms with van der Waals surface area (Å²) in [5.41, 5.74) is 11.4. The number of ether oxygens (including phenoxy) is 9. The molecule has 0 amide bonds. The van der Waals surface area contributed by atoms with Crippen LogP contribution in [0.15, 0.2) is 65.8 Å². The number of benzene rings is 2. The van der Waals surface area contributed by atoms with Crippen molar-refractivity contribution in [3.8, 4) is 0 Å². The van der Waals surface area contributed by atoms with Crippen LogP contribution in [0, 0.1) is 0 Å². The van der Waals surface area contributed by atoms with Gasteiger partial charge in [-0.1, -0.05) is 86.5 Å². The third-order valence-electron chi connectivity index (χ3n) is 10.0. The zero-order valence-corrected chi connectivity index (χ0v) is 31.4. The minimum atomic E-state index is -2.53. The fourth-order valence-electron chi connectivity index (χ4n) is 6.48. The number of carbonyl (C=O) groups excluding carboxylic acids is 2. The van der Waals surface area contributed by atoms with E-state index in [4.69, 9.17) is 47.1 Å². The molecule has 0 N–H and O–H groups in total. The molecule has 2 aromatic rings. The van der Waals surface area contributed by atoms with Gasteiger partial charge in [-0.05, 0) is 23.7 Å². The van der Waals surface area contributed by atoms with Crippen molar-refractivity contribution in [3.63, 3.8) is 0 Å². The SMILES string of the molecule is CC(=O)O[C@H]1[C@H]2O[C@@H](c3ccccc3)OC[C@H]2O[C@@H](O[C@@H]2[C@@H](N=[N+]=[N-])[C@H](O[Si](C)(C)C(C)(C)C)O[C@@H]3CO[C@H](c4ccccc4)O[C@H]23)[C@@H]1OC(C)=O. The van der Waals surface area contributed by atoms with Crippen molar-refractivity contribution in [1.29, 1.82) is 0 Å². The van der Waals surface area contributed by atoms with E-state index in [2.05, 4.69) is 43.9 Å². The highest BCUT2D eigenvalue weighted by Gasteiger charge is 2.58. The van der Waals surface area contributed by atoms with Crippen LogP contribution >= 0.6 is 0 Å². The number of fused-ring (bicyclic) bond motifs is 2. The van der Waals surface area contributed by atoms with E-state index in [1.807, 2.05) is 60.7 Å². The molecule has 2 aromatic carbocycles. The van der Waals surface area contributed by atoms with E-state index in [0.29, 0.717) is 0 Å². The summed E-state index contributed by atoms with van der Waals surface area (Å²) in [5.74, 6) is -1.31. The highest BCUT2D eigenvalue weighted by molar-refractivity contribution is 6.74. The Morgan fingerprint density at radius 1 is 0.750 bits per heavy atom. The lowest BCUT2D eigenvalue weighted by Crippen LogP contribution is -2.68. The molecule has 15 nitrogen and oxygen atoms in total. The molecule has 0 radical (unpaired) electrons. The number of rotatable bonds is 9. The third-order valence-corrected chi connectivity index (χ3v) is 14.5. The van der Waals surface area contributed by atoms with Gasteiger partial charge in [-0.2, -0.15) is 0 Å². The summed E-state index contributed by atoms with van der Waals surface area (Å²) in [5, 5.41) is 3.93. The van der Waals surface area contributed by atoms with Crippen molar-refractivity contribution >= 4 is 20.3 Å². The van der Waals surface area contributed by atoms with E-state index in [1.54, 1.807) is 0 Å². The molecule has 0 unspecified atom stereocenters. The lowest BCUT2D eigenvalue weighted by atomic mass is 9.94. The largest absolute Gasteiger partial charge is 0.455 e. The van der Waals surface area contributed by atoms with Gasteiger partial charge in [0.05, 0.1) is 13.2 Å². The molecule has 0 aliphatic carbocycles. The highest BCUT2D eigenvalue weighted by atomic mass is 28.4. The van der Waals surface area contributed by atoms with Gasteiger partial charge in [0.1, 0.15) is 36.6 Å². The summed E-state index contributed by atoms with van der Waals surface area (Å²) in [6, 6.07) is 17.5. The summed E-state index contributed by atoms with van der Waals surface area (Å²) in [6.07, 6.45) is -10.9. The normalized spacial score (nSPS) is 34.9. The summed E-state index contributed by atoms with van der Waals surface area (Å²) in [6.45, 7) is 13.0. The molecular formula is C36H47N3O12Si. The molecule has 12 atom stereocenters. The van der Waals surface area contributed by atoms with Gasteiger partial charge in [0.25, 0.3) is 0 Å². The number of nitrogens with zero attached hydrogens (tertiary/aromatic N) is 3. The van der Waals surface area contributed by atoms with Crippen LogP contribution in [0.25, 0.3) is 10.4 Å². The quantitative estimate of drug-likeness (QED) is 0.102. The maximum atomic E-state index is 12.6. The summed E-state index contributed by atoms with van der Waals surface area (Å²) in [7, 11) is -2.53. The second-order valence-corrected chi connectivity index (χ2v) is 19.5. The van der Waals surface area contributed by atoms with Gasteiger partial charge in [-0.15, -0.1) is 0 Å². The van der Waals surface area contributed by atoms with Crippen LogP contribution in [-0.4, -0.2) is 94.8 Å². The average molecular weight is 742 g/mol. The van der Waals surface area contributed by atoms with Crippen molar-refractivity contribution in [3.05, 3.63) is 82.2 Å². The number of carbonyl (C=O) groups is 2. The molecule has 16 heteroatoms. The monoisotopic (exact) mass is 741 g/mol. The smallest absolute Gasteiger partial charge is 0.303 e. The molecular weight excluding hydrogens is 694 g/mol. The van der Waals surface area contributed by atoms with E-state index >= 15 is 0 Å². The zero-order chi connectivity index (χ0) is 37.2. The maximum Gasteiger partial charge on any atom is 0.303 e. The predicted octanol–water partition coefficient (Wildman–Crippen LogP) is 5.61. The van der Waals surface area contributed by atoms with Crippen LogP contribution in [0.1, 0.15) is 58.3 Å². The first kappa shape index (κ1) is 38.3. The van der Waals surface area contributed by atoms with Gasteiger partial charge in [-0.25, -0.2) is 0 Å². The lowest BCUT2D eigenvalue weighted by molar-refractivity contribution is -0.390. The Kier molecular flexibility index (Phi) is 11.7. The number of hydrogen-bond acceptors (Lipinski definition) is 13. The molecule has 4 fully saturated rings. The summed E-state index contributed by atoms with van der Waals surface area (Å²) in [4.78, 5) is 28.4. The predicted molar refractivity (Wildman–Crippen MR) is 185 cm³/mol. The fourth-order valence-corrected chi connectivity index (χ4v) is 7.60. The maximum absolute atomic E-state index is 12.6. The number of hydrogen-bond donors (Lipinski definition) is 0. The molecule has 4 aliphatic heterocycles. The Balaban J connectivity index is 1.36. The Bertz CT molecular complexity index is 1590. The minimum Gasteiger partial charge on any atom is -0.455 e. The number of azide groups is 1. The van der Waals surface area contributed by atoms with Crippen LogP contribution in [-0.2, 0) is 56.6 Å². The van der Waals surface area contributed by atoms with Gasteiger partial charge in [-0.3, -0.25) is 9.59 Å². The topological polar surface area (TPSA) is 175 Å². The molecule has 0 spiro atoms. The molecule has 282 valence electrons. The van der Waals surface area contributed by atoms with E-state index in [9.17, 15) is 15.1 Å². The molecule has 0 aromatic heterocycles. The molecule has 0 saturated carbocycles. The molecule has 52 heavy (non-hydrogen) atoms. The first-order valence-corrected chi connectivity index (χ1v) is 20.3. The standard InChI is InChI=1S/C36H47N3O12Si/c1-20(40)44-30-28-25(19-43-33(49-28)23-16-12-9-13-17-23)47-35(31(30)45-21(2)41)50-29-26(38-39-37)34(51-52(6,7)36(3,4)5)46-24-18-42-32(48-27(24)29)22-14-10-8-11-15-22/h8-17,24-35H,18-19H2,1-7H3/t24-,25-,26-,27+,28+,29-,30+,31-,32+,33+,34+,35+/m1/s1. The van der Waals surface area contributed by atoms with Gasteiger partial charge in [0.15, 0.2) is 45.7 Å². The Morgan fingerprint density at radius 2 is 1.23 bits per heavy atom. The average Bonchev–Trinajstić information content (AvgIpc) is 3.10. The van der Waals surface area contributed by atoms with Crippen LogP contribution in [0.3, 0.4) is 0 Å². The summed E-state index contributed by atoms with van der Waals surface area (Å²) < 4.78 is 63.1. The fraction of sp³-hybridized carbons (Fsp3) is 0.611. The van der Waals surface area contributed by atoms with Gasteiger partial charge < -0.3 is 47.1 Å². The second-order valence-electron chi connectivity index (χ2n) is 14.8. The first-order chi connectivity index (χ1) is 24.8. The van der Waals surface area contributed by atoms with Crippen molar-refractivity contribution in [2.75, 3.05) is 13.2 Å². The molecule has 6 rings (SSSR count). The van der Waals surface area contributed by atoms with E-state index in [0.717, 1.165) is 11.1 Å². The molecule has 4 heterocycles. The molecule has 4 saturated heterocycles. The van der Waals surface area contributed by atoms with E-state index in [1.165, 1.54) is 13.8 Å². The Labute approximate surface area is 303 Å². The third kappa shape index (κ3) is 8.36. The highest BCUT2D eigenvalue weighted by Crippen LogP contribution is 2.44.